The number of hydrazone groups is 1. The molecule has 19 heavy (non-hydrogen) atoms. The summed E-state index contributed by atoms with van der Waals surface area (Å²) in [6.45, 7) is 0. The van der Waals surface area contributed by atoms with E-state index in [0.29, 0.717) is 5.69 Å². The predicted molar refractivity (Wildman–Crippen MR) is 76.5 cm³/mol. The van der Waals surface area contributed by atoms with Gasteiger partial charge in [-0.25, -0.2) is 5.43 Å². The van der Waals surface area contributed by atoms with Gasteiger partial charge in [0.05, 0.1) is 13.3 Å². The smallest absolute Gasteiger partial charge is 0.287 e. The molecule has 0 saturated heterocycles. The highest BCUT2D eigenvalue weighted by atomic mass is 79.9. The van der Waals surface area contributed by atoms with Gasteiger partial charge in [-0.3, -0.25) is 4.79 Å². The topological polar surface area (TPSA) is 66.5 Å². The van der Waals surface area contributed by atoms with Crippen LogP contribution in [0.25, 0.3) is 0 Å². The Morgan fingerprint density at radius 1 is 1.42 bits per heavy atom. The van der Waals surface area contributed by atoms with Gasteiger partial charge in [-0.05, 0) is 51.8 Å². The van der Waals surface area contributed by atoms with Gasteiger partial charge in [-0.1, -0.05) is 0 Å². The molecule has 0 radical (unpaired) electrons. The number of carbonyl (C=O) groups is 1. The first-order chi connectivity index (χ1) is 9.19. The molecule has 0 aliphatic heterocycles. The van der Waals surface area contributed by atoms with Crippen molar-refractivity contribution in [3.05, 3.63) is 52.3 Å². The van der Waals surface area contributed by atoms with Crippen molar-refractivity contribution < 1.29 is 9.53 Å². The summed E-state index contributed by atoms with van der Waals surface area (Å²) in [4.78, 5) is 14.5. The molecule has 2 aromatic rings. The largest absolute Gasteiger partial charge is 0.497 e. The first-order valence-corrected chi connectivity index (χ1v) is 6.30. The number of H-pyrrole nitrogens is 1. The van der Waals surface area contributed by atoms with Gasteiger partial charge in [0.1, 0.15) is 11.4 Å². The van der Waals surface area contributed by atoms with Crippen molar-refractivity contribution in [2.75, 3.05) is 7.11 Å². The Morgan fingerprint density at radius 3 is 2.74 bits per heavy atom. The van der Waals surface area contributed by atoms with Gasteiger partial charge in [-0.2, -0.15) is 5.10 Å². The number of nitrogens with zero attached hydrogens (tertiary/aromatic N) is 1. The van der Waals surface area contributed by atoms with E-state index in [2.05, 4.69) is 31.4 Å². The van der Waals surface area contributed by atoms with Gasteiger partial charge in [0.15, 0.2) is 0 Å². The van der Waals surface area contributed by atoms with E-state index in [1.807, 2.05) is 24.3 Å². The minimum absolute atomic E-state index is 0.296. The van der Waals surface area contributed by atoms with Crippen LogP contribution in [0.4, 0.5) is 0 Å². The highest BCUT2D eigenvalue weighted by Crippen LogP contribution is 2.11. The summed E-state index contributed by atoms with van der Waals surface area (Å²) in [5.74, 6) is 0.480. The van der Waals surface area contributed by atoms with Crippen molar-refractivity contribution in [1.82, 2.24) is 10.4 Å². The molecule has 0 bridgehead atoms. The summed E-state index contributed by atoms with van der Waals surface area (Å²) in [5, 5.41) is 3.88. The van der Waals surface area contributed by atoms with Crippen molar-refractivity contribution >= 4 is 28.1 Å². The number of ether oxygens (including phenoxy) is 1. The summed E-state index contributed by atoms with van der Waals surface area (Å²) in [6.07, 6.45) is 3.25. The Hall–Kier alpha value is -2.08. The number of aromatic amines is 1. The van der Waals surface area contributed by atoms with Crippen LogP contribution in [-0.2, 0) is 0 Å². The van der Waals surface area contributed by atoms with E-state index in [1.54, 1.807) is 25.6 Å². The number of methoxy groups -OCH3 is 1. The molecule has 0 unspecified atom stereocenters. The maximum atomic E-state index is 11.7. The van der Waals surface area contributed by atoms with Gasteiger partial charge in [0, 0.05) is 10.7 Å². The molecule has 1 aromatic heterocycles. The highest BCUT2D eigenvalue weighted by Gasteiger charge is 2.05. The van der Waals surface area contributed by atoms with Crippen molar-refractivity contribution in [3.8, 4) is 5.75 Å². The number of rotatable bonds is 4. The van der Waals surface area contributed by atoms with Gasteiger partial charge < -0.3 is 9.72 Å². The van der Waals surface area contributed by atoms with Crippen LogP contribution >= 0.6 is 15.9 Å². The molecule has 0 spiro atoms. The molecule has 5 nitrogen and oxygen atoms in total. The van der Waals surface area contributed by atoms with Gasteiger partial charge in [0.2, 0.25) is 0 Å². The minimum atomic E-state index is -0.296. The lowest BCUT2D eigenvalue weighted by atomic mass is 10.2. The molecule has 98 valence electrons. The number of carbonyl (C=O) groups excluding carboxylic acids is 1. The van der Waals surface area contributed by atoms with Crippen LogP contribution in [0.15, 0.2) is 46.1 Å². The maximum absolute atomic E-state index is 11.7. The molecule has 0 aliphatic rings. The maximum Gasteiger partial charge on any atom is 0.287 e. The summed E-state index contributed by atoms with van der Waals surface area (Å²) < 4.78 is 5.87. The number of nitrogens with one attached hydrogen (secondary N) is 2. The summed E-state index contributed by atoms with van der Waals surface area (Å²) >= 11 is 3.26. The number of benzene rings is 1. The van der Waals surface area contributed by atoms with Crippen LogP contribution in [0.1, 0.15) is 16.1 Å². The van der Waals surface area contributed by atoms with Crippen molar-refractivity contribution in [2.24, 2.45) is 5.10 Å². The average molecular weight is 322 g/mol. The Labute approximate surface area is 118 Å². The first kappa shape index (κ1) is 13.4. The van der Waals surface area contributed by atoms with Crippen LogP contribution < -0.4 is 10.2 Å². The fourth-order valence-electron chi connectivity index (χ4n) is 1.41. The van der Waals surface area contributed by atoms with E-state index < -0.39 is 0 Å². The SMILES string of the molecule is COc1ccc(/C=N\NC(=O)c2cc(Br)c[nH]2)cc1. The fraction of sp³-hybridized carbons (Fsp3) is 0.0769. The zero-order chi connectivity index (χ0) is 13.7. The molecule has 2 rings (SSSR count). The number of hydrogen-bond acceptors (Lipinski definition) is 3. The van der Waals surface area contributed by atoms with E-state index >= 15 is 0 Å². The quantitative estimate of drug-likeness (QED) is 0.671. The molecule has 1 amide bonds. The zero-order valence-corrected chi connectivity index (χ0v) is 11.8. The van der Waals surface area contributed by atoms with Gasteiger partial charge in [0.25, 0.3) is 5.91 Å². The summed E-state index contributed by atoms with van der Waals surface area (Å²) in [6, 6.07) is 9.02. The molecule has 0 atom stereocenters. The zero-order valence-electron chi connectivity index (χ0n) is 10.2. The lowest BCUT2D eigenvalue weighted by molar-refractivity contribution is 0.0951. The Morgan fingerprint density at radius 2 is 2.16 bits per heavy atom. The molecule has 0 aliphatic carbocycles. The van der Waals surface area contributed by atoms with E-state index in [1.165, 1.54) is 0 Å². The van der Waals surface area contributed by atoms with E-state index in [-0.39, 0.29) is 5.91 Å². The third kappa shape index (κ3) is 3.69. The highest BCUT2D eigenvalue weighted by molar-refractivity contribution is 9.10. The fourth-order valence-corrected chi connectivity index (χ4v) is 1.76. The number of hydrogen-bond donors (Lipinski definition) is 2. The number of halogens is 1. The van der Waals surface area contributed by atoms with Crippen LogP contribution in [0, 0.1) is 0 Å². The average Bonchev–Trinajstić information content (AvgIpc) is 2.86. The molecule has 0 fully saturated rings. The van der Waals surface area contributed by atoms with Crippen molar-refractivity contribution in [3.63, 3.8) is 0 Å². The number of aromatic nitrogens is 1. The van der Waals surface area contributed by atoms with Gasteiger partial charge >= 0.3 is 0 Å². The van der Waals surface area contributed by atoms with E-state index in [0.717, 1.165) is 15.8 Å². The second kappa shape index (κ2) is 6.19. The van der Waals surface area contributed by atoms with E-state index in [4.69, 9.17) is 4.74 Å². The Bertz CT molecular complexity index is 590. The monoisotopic (exact) mass is 321 g/mol. The first-order valence-electron chi connectivity index (χ1n) is 5.50. The minimum Gasteiger partial charge on any atom is -0.497 e. The Balaban J connectivity index is 1.94. The third-order valence-corrected chi connectivity index (χ3v) is 2.85. The molecule has 0 saturated carbocycles. The van der Waals surface area contributed by atoms with Crippen LogP contribution in [0.5, 0.6) is 5.75 Å². The molecular weight excluding hydrogens is 310 g/mol. The lowest BCUT2D eigenvalue weighted by Crippen LogP contribution is -2.17. The standard InChI is InChI=1S/C13H12BrN3O2/c1-19-11-4-2-9(3-5-11)7-16-17-13(18)12-6-10(14)8-15-12/h2-8,15H,1H3,(H,17,18)/b16-7-. The van der Waals surface area contributed by atoms with Gasteiger partial charge in [-0.15, -0.1) is 0 Å². The second-order valence-corrected chi connectivity index (χ2v) is 4.62. The molecule has 1 aromatic carbocycles. The summed E-state index contributed by atoms with van der Waals surface area (Å²) in [5.41, 5.74) is 3.75. The van der Waals surface area contributed by atoms with Crippen LogP contribution in [0.3, 0.4) is 0 Å². The second-order valence-electron chi connectivity index (χ2n) is 3.70. The lowest BCUT2D eigenvalue weighted by Gasteiger charge is -1.99. The Kier molecular flexibility index (Phi) is 4.35. The summed E-state index contributed by atoms with van der Waals surface area (Å²) in [7, 11) is 1.61. The normalized spacial score (nSPS) is 10.6. The van der Waals surface area contributed by atoms with Crippen LogP contribution in [0.2, 0.25) is 0 Å². The van der Waals surface area contributed by atoms with Crippen LogP contribution in [-0.4, -0.2) is 24.2 Å². The molecule has 2 N–H and O–H groups in total. The molecule has 6 heteroatoms. The van der Waals surface area contributed by atoms with E-state index in [9.17, 15) is 4.79 Å². The molecular formula is C13H12BrN3O2. The molecule has 1 heterocycles. The predicted octanol–water partition coefficient (Wildman–Crippen LogP) is 2.55. The number of amides is 1. The third-order valence-electron chi connectivity index (χ3n) is 2.39. The van der Waals surface area contributed by atoms with Crippen molar-refractivity contribution in [2.45, 2.75) is 0 Å². The van der Waals surface area contributed by atoms with Crippen molar-refractivity contribution in [1.29, 1.82) is 0 Å².